The number of carbonyl (C=O) groups excluding carboxylic acids is 1. The molecule has 0 aromatic heterocycles. The van der Waals surface area contributed by atoms with E-state index in [2.05, 4.69) is 0 Å². The maximum absolute atomic E-state index is 12.9. The largest absolute Gasteiger partial charge is 0.479 e. The summed E-state index contributed by atoms with van der Waals surface area (Å²) >= 11 is 0. The van der Waals surface area contributed by atoms with Gasteiger partial charge in [-0.3, -0.25) is 4.79 Å². The van der Waals surface area contributed by atoms with Crippen LogP contribution in [0, 0.1) is 0 Å². The molecule has 1 amide bonds. The number of carboxylic acid groups (broad SMARTS) is 1. The quantitative estimate of drug-likeness (QED) is 0.764. The smallest absolute Gasteiger partial charge is 0.329 e. The Morgan fingerprint density at radius 3 is 2.00 bits per heavy atom. The van der Waals surface area contributed by atoms with E-state index < -0.39 is 27.4 Å². The molecule has 150 valence electrons. The van der Waals surface area contributed by atoms with E-state index >= 15 is 0 Å². The molecule has 7 nitrogen and oxygen atoms in total. The molecule has 0 bridgehead atoms. The predicted molar refractivity (Wildman–Crippen MR) is 102 cm³/mol. The topological polar surface area (TPSA) is 95.0 Å². The maximum Gasteiger partial charge on any atom is 0.329 e. The van der Waals surface area contributed by atoms with Crippen LogP contribution in [0.2, 0.25) is 0 Å². The minimum Gasteiger partial charge on any atom is -0.479 e. The van der Waals surface area contributed by atoms with E-state index in [1.807, 2.05) is 0 Å². The fourth-order valence-corrected chi connectivity index (χ4v) is 5.16. The molecule has 0 spiro atoms. The number of benzene rings is 1. The van der Waals surface area contributed by atoms with Crippen LogP contribution in [0.1, 0.15) is 56.3 Å². The van der Waals surface area contributed by atoms with Gasteiger partial charge in [-0.05, 0) is 37.1 Å². The van der Waals surface area contributed by atoms with Crippen molar-refractivity contribution < 1.29 is 23.1 Å². The molecule has 1 aliphatic rings. The van der Waals surface area contributed by atoms with Crippen LogP contribution in [-0.4, -0.2) is 60.3 Å². The minimum atomic E-state index is -3.60. The predicted octanol–water partition coefficient (Wildman–Crippen LogP) is 2.58. The average Bonchev–Trinajstić information content (AvgIpc) is 2.68. The van der Waals surface area contributed by atoms with Crippen LogP contribution >= 0.6 is 0 Å². The first-order valence-electron chi connectivity index (χ1n) is 9.32. The second-order valence-corrected chi connectivity index (χ2v) is 8.81. The van der Waals surface area contributed by atoms with Crippen molar-refractivity contribution in [3.8, 4) is 0 Å². The molecule has 1 fully saturated rings. The number of carbonyl (C=O) groups is 2. The van der Waals surface area contributed by atoms with Gasteiger partial charge >= 0.3 is 5.97 Å². The highest BCUT2D eigenvalue weighted by Gasteiger charge is 2.45. The normalized spacial score (nSPS) is 16.9. The third-order valence-electron chi connectivity index (χ3n) is 5.47. The van der Waals surface area contributed by atoms with Crippen molar-refractivity contribution in [1.82, 2.24) is 9.21 Å². The van der Waals surface area contributed by atoms with Gasteiger partial charge in [-0.1, -0.05) is 33.1 Å². The first-order valence-corrected chi connectivity index (χ1v) is 10.8. The molecule has 0 radical (unpaired) electrons. The highest BCUT2D eigenvalue weighted by molar-refractivity contribution is 7.89. The van der Waals surface area contributed by atoms with Crippen molar-refractivity contribution >= 4 is 21.9 Å². The van der Waals surface area contributed by atoms with Gasteiger partial charge < -0.3 is 10.0 Å². The fourth-order valence-electron chi connectivity index (χ4n) is 3.70. The van der Waals surface area contributed by atoms with E-state index in [9.17, 15) is 23.1 Å². The lowest BCUT2D eigenvalue weighted by atomic mass is 9.80. The zero-order chi connectivity index (χ0) is 20.2. The Morgan fingerprint density at radius 2 is 1.56 bits per heavy atom. The Kier molecular flexibility index (Phi) is 6.64. The summed E-state index contributed by atoms with van der Waals surface area (Å²) in [5.41, 5.74) is -0.913. The van der Waals surface area contributed by atoms with Crippen LogP contribution in [-0.2, 0) is 14.8 Å². The van der Waals surface area contributed by atoms with Gasteiger partial charge in [-0.15, -0.1) is 0 Å². The van der Waals surface area contributed by atoms with E-state index in [0.717, 1.165) is 19.3 Å². The zero-order valence-corrected chi connectivity index (χ0v) is 17.0. The van der Waals surface area contributed by atoms with Crippen molar-refractivity contribution in [2.24, 2.45) is 0 Å². The van der Waals surface area contributed by atoms with Crippen LogP contribution in [0.25, 0.3) is 0 Å². The molecule has 27 heavy (non-hydrogen) atoms. The first kappa shape index (κ1) is 21.4. The van der Waals surface area contributed by atoms with Crippen LogP contribution in [0.4, 0.5) is 0 Å². The summed E-state index contributed by atoms with van der Waals surface area (Å²) in [6.45, 7) is 4.26. The molecule has 0 heterocycles. The third-order valence-corrected chi connectivity index (χ3v) is 7.53. The van der Waals surface area contributed by atoms with Crippen molar-refractivity contribution in [3.05, 3.63) is 29.8 Å². The maximum atomic E-state index is 12.9. The lowest BCUT2D eigenvalue weighted by Crippen LogP contribution is -2.56. The molecular weight excluding hydrogens is 368 g/mol. The van der Waals surface area contributed by atoms with Gasteiger partial charge in [0.05, 0.1) is 4.90 Å². The fraction of sp³-hybridized carbons (Fsp3) is 0.579. The molecule has 2 rings (SSSR count). The summed E-state index contributed by atoms with van der Waals surface area (Å²) in [6.07, 6.45) is 3.36. The molecule has 0 atom stereocenters. The van der Waals surface area contributed by atoms with Crippen molar-refractivity contribution in [1.29, 1.82) is 0 Å². The summed E-state index contributed by atoms with van der Waals surface area (Å²) in [5, 5.41) is 9.74. The highest BCUT2D eigenvalue weighted by atomic mass is 32.2. The number of likely N-dealkylation sites (N-methyl/N-ethyl adjacent to an activating group) is 1. The highest BCUT2D eigenvalue weighted by Crippen LogP contribution is 2.34. The Bertz CT molecular complexity index is 779. The Hall–Kier alpha value is -1.93. The molecule has 1 aromatic rings. The first-order chi connectivity index (χ1) is 12.7. The van der Waals surface area contributed by atoms with Crippen molar-refractivity contribution in [2.75, 3.05) is 20.1 Å². The van der Waals surface area contributed by atoms with Gasteiger partial charge in [-0.25, -0.2) is 13.2 Å². The van der Waals surface area contributed by atoms with Gasteiger partial charge in [0.2, 0.25) is 10.0 Å². The summed E-state index contributed by atoms with van der Waals surface area (Å²) in [6, 6.07) is 5.72. The zero-order valence-electron chi connectivity index (χ0n) is 16.1. The molecule has 1 aromatic carbocycles. The lowest BCUT2D eigenvalue weighted by molar-refractivity contribution is -0.151. The monoisotopic (exact) mass is 396 g/mol. The van der Waals surface area contributed by atoms with Crippen molar-refractivity contribution in [3.63, 3.8) is 0 Å². The number of hydrogen-bond donors (Lipinski definition) is 1. The van der Waals surface area contributed by atoms with Crippen LogP contribution < -0.4 is 0 Å². The summed E-state index contributed by atoms with van der Waals surface area (Å²) < 4.78 is 26.4. The lowest BCUT2D eigenvalue weighted by Gasteiger charge is -2.41. The van der Waals surface area contributed by atoms with E-state index in [1.54, 1.807) is 13.8 Å². The van der Waals surface area contributed by atoms with E-state index in [-0.39, 0.29) is 10.5 Å². The second kappa shape index (κ2) is 8.39. The Labute approximate surface area is 161 Å². The molecule has 0 aliphatic heterocycles. The van der Waals surface area contributed by atoms with Gasteiger partial charge in [0.1, 0.15) is 5.54 Å². The minimum absolute atomic E-state index is 0.121. The second-order valence-electron chi connectivity index (χ2n) is 6.88. The molecule has 0 unspecified atom stereocenters. The van der Waals surface area contributed by atoms with Gasteiger partial charge in [0.15, 0.2) is 0 Å². The number of sulfonamides is 1. The number of carboxylic acids is 1. The van der Waals surface area contributed by atoms with E-state index in [1.165, 1.54) is 40.5 Å². The number of rotatable bonds is 7. The van der Waals surface area contributed by atoms with Crippen LogP contribution in [0.3, 0.4) is 0 Å². The molecule has 0 saturated heterocycles. The Balaban J connectivity index is 2.28. The average molecular weight is 397 g/mol. The molecule has 1 saturated carbocycles. The summed E-state index contributed by atoms with van der Waals surface area (Å²) in [4.78, 5) is 26.2. The third kappa shape index (κ3) is 4.01. The van der Waals surface area contributed by atoms with E-state index in [4.69, 9.17) is 0 Å². The number of amides is 1. The summed E-state index contributed by atoms with van der Waals surface area (Å²) in [5.74, 6) is -1.40. The van der Waals surface area contributed by atoms with Gasteiger partial charge in [0, 0.05) is 25.7 Å². The van der Waals surface area contributed by atoms with Gasteiger partial charge in [-0.2, -0.15) is 4.31 Å². The molecule has 1 N–H and O–H groups in total. The SMILES string of the molecule is CCN(CC)S(=O)(=O)c1ccc(C(=O)N(C)C2(C(=O)O)CCCCC2)cc1. The number of hydrogen-bond acceptors (Lipinski definition) is 4. The molecule has 8 heteroatoms. The van der Waals surface area contributed by atoms with E-state index in [0.29, 0.717) is 25.9 Å². The molecule has 1 aliphatic carbocycles. The van der Waals surface area contributed by atoms with Crippen LogP contribution in [0.15, 0.2) is 29.2 Å². The summed E-state index contributed by atoms with van der Waals surface area (Å²) in [7, 11) is -2.08. The number of aliphatic carboxylic acids is 1. The Morgan fingerprint density at radius 1 is 1.04 bits per heavy atom. The standard InChI is InChI=1S/C19H28N2O5S/c1-4-21(5-2)27(25,26)16-11-9-15(10-12-16)17(22)20(3)19(18(23)24)13-7-6-8-14-19/h9-12H,4-8,13-14H2,1-3H3,(H,23,24). The van der Waals surface area contributed by atoms with Crippen molar-refractivity contribution in [2.45, 2.75) is 56.4 Å². The van der Waals surface area contributed by atoms with Gasteiger partial charge in [0.25, 0.3) is 5.91 Å². The molecular formula is C19H28N2O5S. The number of nitrogens with zero attached hydrogens (tertiary/aromatic N) is 2. The van der Waals surface area contributed by atoms with Crippen LogP contribution in [0.5, 0.6) is 0 Å².